The first-order valence-corrected chi connectivity index (χ1v) is 5.39. The van der Waals surface area contributed by atoms with Gasteiger partial charge in [-0.1, -0.05) is 12.1 Å². The van der Waals surface area contributed by atoms with E-state index < -0.39 is 0 Å². The zero-order chi connectivity index (χ0) is 9.97. The number of anilines is 1. The lowest BCUT2D eigenvalue weighted by atomic mass is 10.3. The van der Waals surface area contributed by atoms with Crippen molar-refractivity contribution in [2.75, 3.05) is 24.3 Å². The highest BCUT2D eigenvalue weighted by Crippen LogP contribution is 2.34. The molecule has 2 rings (SSSR count). The summed E-state index contributed by atoms with van der Waals surface area (Å²) in [5, 5.41) is 0. The normalized spacial score (nSPS) is 14.8. The summed E-state index contributed by atoms with van der Waals surface area (Å²) in [4.78, 5) is 14.2. The van der Waals surface area contributed by atoms with Crippen molar-refractivity contribution in [1.82, 2.24) is 0 Å². The number of rotatable bonds is 0. The van der Waals surface area contributed by atoms with Crippen molar-refractivity contribution >= 4 is 23.5 Å². The Balaban J connectivity index is 2.35. The molecule has 0 radical (unpaired) electrons. The highest BCUT2D eigenvalue weighted by atomic mass is 32.2. The van der Waals surface area contributed by atoms with Crippen molar-refractivity contribution in [3.8, 4) is 0 Å². The molecule has 0 unspecified atom stereocenters. The third kappa shape index (κ3) is 1.57. The summed E-state index contributed by atoms with van der Waals surface area (Å²) in [5.41, 5.74) is 0.954. The molecule has 14 heavy (non-hydrogen) atoms. The number of methoxy groups -OCH3 is 1. The number of amides is 1. The summed E-state index contributed by atoms with van der Waals surface area (Å²) >= 11 is 1.77. The van der Waals surface area contributed by atoms with E-state index >= 15 is 0 Å². The van der Waals surface area contributed by atoms with Crippen LogP contribution in [0.1, 0.15) is 0 Å². The number of para-hydroxylation sites is 1. The summed E-state index contributed by atoms with van der Waals surface area (Å²) in [6, 6.07) is 7.88. The number of nitrogens with zero attached hydrogens (tertiary/aromatic N) is 1. The zero-order valence-electron chi connectivity index (χ0n) is 7.90. The molecule has 0 N–H and O–H groups in total. The number of carbonyl (C=O) groups excluding carboxylic acids is 1. The van der Waals surface area contributed by atoms with Crippen LogP contribution in [0.15, 0.2) is 29.2 Å². The minimum absolute atomic E-state index is 0.280. The van der Waals surface area contributed by atoms with Crippen molar-refractivity contribution < 1.29 is 9.53 Å². The van der Waals surface area contributed by atoms with Crippen molar-refractivity contribution in [3.05, 3.63) is 24.3 Å². The Morgan fingerprint density at radius 1 is 1.50 bits per heavy atom. The second kappa shape index (κ2) is 3.92. The van der Waals surface area contributed by atoms with Gasteiger partial charge in [-0.05, 0) is 12.1 Å². The van der Waals surface area contributed by atoms with Crippen LogP contribution in [0, 0.1) is 0 Å². The van der Waals surface area contributed by atoms with E-state index in [-0.39, 0.29) is 6.09 Å². The molecule has 0 saturated heterocycles. The lowest BCUT2D eigenvalue weighted by Gasteiger charge is -2.27. The largest absolute Gasteiger partial charge is 0.452 e. The molecule has 1 aromatic rings. The Morgan fingerprint density at radius 2 is 2.29 bits per heavy atom. The average Bonchev–Trinajstić information content (AvgIpc) is 2.27. The molecule has 0 spiro atoms. The van der Waals surface area contributed by atoms with E-state index in [0.29, 0.717) is 6.54 Å². The molecule has 1 amide bonds. The highest BCUT2D eigenvalue weighted by molar-refractivity contribution is 7.99. The molecule has 74 valence electrons. The van der Waals surface area contributed by atoms with Crippen LogP contribution in [0.4, 0.5) is 10.5 Å². The maximum atomic E-state index is 11.4. The van der Waals surface area contributed by atoms with E-state index in [4.69, 9.17) is 4.74 Å². The van der Waals surface area contributed by atoms with Crippen molar-refractivity contribution in [2.45, 2.75) is 4.90 Å². The summed E-state index contributed by atoms with van der Waals surface area (Å²) in [7, 11) is 1.41. The number of ether oxygens (including phenoxy) is 1. The summed E-state index contributed by atoms with van der Waals surface area (Å²) < 4.78 is 4.72. The van der Waals surface area contributed by atoms with Crippen molar-refractivity contribution in [2.24, 2.45) is 0 Å². The van der Waals surface area contributed by atoms with Gasteiger partial charge in [-0.3, -0.25) is 4.90 Å². The second-order valence-electron chi connectivity index (χ2n) is 2.94. The lowest BCUT2D eigenvalue weighted by molar-refractivity contribution is 0.179. The van der Waals surface area contributed by atoms with Gasteiger partial charge in [0.25, 0.3) is 0 Å². The quantitative estimate of drug-likeness (QED) is 0.657. The standard InChI is InChI=1S/C10H11NO2S/c1-13-10(12)11-6-7-14-9-5-3-2-4-8(9)11/h2-5H,6-7H2,1H3. The van der Waals surface area contributed by atoms with E-state index in [9.17, 15) is 4.79 Å². The molecule has 1 aliphatic rings. The van der Waals surface area contributed by atoms with E-state index in [1.807, 2.05) is 24.3 Å². The van der Waals surface area contributed by atoms with E-state index in [0.717, 1.165) is 16.3 Å². The first-order valence-electron chi connectivity index (χ1n) is 4.40. The molecule has 1 aliphatic heterocycles. The minimum atomic E-state index is -0.280. The molecule has 0 atom stereocenters. The molecule has 0 saturated carbocycles. The number of hydrogen-bond donors (Lipinski definition) is 0. The first kappa shape index (κ1) is 9.40. The van der Waals surface area contributed by atoms with Crippen molar-refractivity contribution in [3.63, 3.8) is 0 Å². The van der Waals surface area contributed by atoms with Crippen LogP contribution in [0.2, 0.25) is 0 Å². The Bertz CT molecular complexity index is 354. The van der Waals surface area contributed by atoms with Gasteiger partial charge in [-0.25, -0.2) is 4.79 Å². The maximum absolute atomic E-state index is 11.4. The Morgan fingerprint density at radius 3 is 3.07 bits per heavy atom. The van der Waals surface area contributed by atoms with E-state index in [1.165, 1.54) is 7.11 Å². The van der Waals surface area contributed by atoms with Gasteiger partial charge in [0.1, 0.15) is 0 Å². The smallest absolute Gasteiger partial charge is 0.414 e. The van der Waals surface area contributed by atoms with Gasteiger partial charge in [-0.15, -0.1) is 11.8 Å². The van der Waals surface area contributed by atoms with Crippen LogP contribution in [-0.2, 0) is 4.74 Å². The number of fused-ring (bicyclic) bond motifs is 1. The molecule has 4 heteroatoms. The minimum Gasteiger partial charge on any atom is -0.452 e. The number of thioether (sulfide) groups is 1. The molecule has 0 fully saturated rings. The fourth-order valence-electron chi connectivity index (χ4n) is 1.47. The molecule has 0 aromatic heterocycles. The van der Waals surface area contributed by atoms with Gasteiger partial charge in [0, 0.05) is 17.2 Å². The third-order valence-electron chi connectivity index (χ3n) is 2.12. The van der Waals surface area contributed by atoms with E-state index in [2.05, 4.69) is 0 Å². The van der Waals surface area contributed by atoms with Gasteiger partial charge < -0.3 is 4.74 Å². The summed E-state index contributed by atoms with van der Waals surface area (Å²) in [5.74, 6) is 0.923. The summed E-state index contributed by atoms with van der Waals surface area (Å²) in [6.07, 6.45) is -0.280. The second-order valence-corrected chi connectivity index (χ2v) is 4.07. The third-order valence-corrected chi connectivity index (χ3v) is 3.17. The molecular weight excluding hydrogens is 198 g/mol. The van der Waals surface area contributed by atoms with Crippen LogP contribution in [-0.4, -0.2) is 25.5 Å². The van der Waals surface area contributed by atoms with Gasteiger partial charge >= 0.3 is 6.09 Å². The van der Waals surface area contributed by atoms with Gasteiger partial charge in [0.15, 0.2) is 0 Å². The SMILES string of the molecule is COC(=O)N1CCSc2ccccc21. The topological polar surface area (TPSA) is 29.5 Å². The predicted molar refractivity (Wildman–Crippen MR) is 56.9 cm³/mol. The van der Waals surface area contributed by atoms with Crippen LogP contribution in [0.3, 0.4) is 0 Å². The fourth-order valence-corrected chi connectivity index (χ4v) is 2.46. The molecule has 1 heterocycles. The predicted octanol–water partition coefficient (Wildman–Crippen LogP) is 2.37. The highest BCUT2D eigenvalue weighted by Gasteiger charge is 2.22. The van der Waals surface area contributed by atoms with Crippen LogP contribution in [0.25, 0.3) is 0 Å². The number of benzene rings is 1. The van der Waals surface area contributed by atoms with Crippen LogP contribution >= 0.6 is 11.8 Å². The van der Waals surface area contributed by atoms with Crippen LogP contribution < -0.4 is 4.90 Å². The molecule has 0 bridgehead atoms. The Kier molecular flexibility index (Phi) is 2.63. The maximum Gasteiger partial charge on any atom is 0.414 e. The number of hydrogen-bond acceptors (Lipinski definition) is 3. The molecule has 3 nitrogen and oxygen atoms in total. The van der Waals surface area contributed by atoms with Gasteiger partial charge in [0.05, 0.1) is 12.8 Å². The zero-order valence-corrected chi connectivity index (χ0v) is 8.71. The van der Waals surface area contributed by atoms with Crippen LogP contribution in [0.5, 0.6) is 0 Å². The lowest BCUT2D eigenvalue weighted by Crippen LogP contribution is -2.35. The first-order chi connectivity index (χ1) is 6.83. The molecular formula is C10H11NO2S. The monoisotopic (exact) mass is 209 g/mol. The van der Waals surface area contributed by atoms with Crippen molar-refractivity contribution in [1.29, 1.82) is 0 Å². The molecule has 0 aliphatic carbocycles. The number of carbonyl (C=O) groups is 1. The summed E-state index contributed by atoms with van der Waals surface area (Å²) in [6.45, 7) is 0.717. The Hall–Kier alpha value is -1.16. The Labute approximate surface area is 87.0 Å². The average molecular weight is 209 g/mol. The van der Waals surface area contributed by atoms with Gasteiger partial charge in [0.2, 0.25) is 0 Å². The fraction of sp³-hybridized carbons (Fsp3) is 0.300. The van der Waals surface area contributed by atoms with E-state index in [1.54, 1.807) is 16.7 Å². The van der Waals surface area contributed by atoms with Gasteiger partial charge in [-0.2, -0.15) is 0 Å². The molecule has 1 aromatic carbocycles.